The second-order valence-electron chi connectivity index (χ2n) is 7.62. The molecule has 0 unspecified atom stereocenters. The molecule has 0 fully saturated rings. The normalized spacial score (nSPS) is 15.6. The van der Waals surface area contributed by atoms with Crippen molar-refractivity contribution >= 4 is 29.1 Å². The number of benzene rings is 2. The number of pyridine rings is 1. The molecule has 3 heterocycles. The quantitative estimate of drug-likeness (QED) is 0.422. The van der Waals surface area contributed by atoms with Gasteiger partial charge in [-0.3, -0.25) is 14.3 Å². The van der Waals surface area contributed by atoms with Crippen LogP contribution in [0.4, 0.5) is 0 Å². The Kier molecular flexibility index (Phi) is 6.01. The van der Waals surface area contributed by atoms with E-state index in [4.69, 9.17) is 9.73 Å². The number of thiazole rings is 1. The number of carbonyl (C=O) groups is 1. The van der Waals surface area contributed by atoms with E-state index in [2.05, 4.69) is 4.98 Å². The molecule has 0 amide bonds. The number of hydrogen-bond donors (Lipinski definition) is 0. The van der Waals surface area contributed by atoms with Crippen molar-refractivity contribution in [2.24, 2.45) is 4.99 Å². The first-order valence-electron chi connectivity index (χ1n) is 10.9. The SMILES string of the molecule is CCOC(=O)C1=C(c2ccccc2)N=c2s/c(=C\c3ccncc3)c(=O)n2[C@@H]1c1ccccc1. The molecule has 168 valence electrons. The van der Waals surface area contributed by atoms with E-state index in [1.165, 1.54) is 11.3 Å². The van der Waals surface area contributed by atoms with Gasteiger partial charge in [0.05, 0.1) is 28.5 Å². The summed E-state index contributed by atoms with van der Waals surface area (Å²) in [4.78, 5) is 36.4. The van der Waals surface area contributed by atoms with Crippen LogP contribution in [0.5, 0.6) is 0 Å². The third-order valence-electron chi connectivity index (χ3n) is 5.49. The Balaban J connectivity index is 1.84. The van der Waals surface area contributed by atoms with E-state index in [9.17, 15) is 9.59 Å². The minimum Gasteiger partial charge on any atom is -0.463 e. The average Bonchev–Trinajstić information content (AvgIpc) is 3.19. The Bertz CT molecular complexity index is 1540. The summed E-state index contributed by atoms with van der Waals surface area (Å²) in [5.74, 6) is -0.484. The van der Waals surface area contributed by atoms with Crippen molar-refractivity contribution in [1.29, 1.82) is 0 Å². The fraction of sp³-hybridized carbons (Fsp3) is 0.111. The summed E-state index contributed by atoms with van der Waals surface area (Å²) in [6.07, 6.45) is 5.19. The van der Waals surface area contributed by atoms with Gasteiger partial charge < -0.3 is 4.74 Å². The molecule has 5 rings (SSSR count). The number of esters is 1. The van der Waals surface area contributed by atoms with Crippen molar-refractivity contribution in [3.05, 3.63) is 127 Å². The van der Waals surface area contributed by atoms with Gasteiger partial charge in [-0.1, -0.05) is 72.0 Å². The van der Waals surface area contributed by atoms with Crippen LogP contribution in [-0.2, 0) is 9.53 Å². The number of carbonyl (C=O) groups excluding carboxylic acids is 1. The lowest BCUT2D eigenvalue weighted by molar-refractivity contribution is -0.138. The van der Waals surface area contributed by atoms with Gasteiger partial charge in [0.1, 0.15) is 0 Å². The van der Waals surface area contributed by atoms with E-state index < -0.39 is 12.0 Å². The van der Waals surface area contributed by atoms with Gasteiger partial charge in [-0.25, -0.2) is 9.79 Å². The van der Waals surface area contributed by atoms with Gasteiger partial charge in [-0.2, -0.15) is 0 Å². The van der Waals surface area contributed by atoms with Crippen molar-refractivity contribution in [3.8, 4) is 0 Å². The molecule has 0 N–H and O–H groups in total. The zero-order chi connectivity index (χ0) is 23.5. The molecular formula is C27H21N3O3S. The zero-order valence-electron chi connectivity index (χ0n) is 18.4. The summed E-state index contributed by atoms with van der Waals surface area (Å²) < 4.78 is 7.59. The summed E-state index contributed by atoms with van der Waals surface area (Å²) in [5.41, 5.74) is 3.13. The van der Waals surface area contributed by atoms with Gasteiger partial charge >= 0.3 is 5.97 Å². The third kappa shape index (κ3) is 4.02. The zero-order valence-corrected chi connectivity index (χ0v) is 19.2. The molecule has 0 saturated carbocycles. The fourth-order valence-corrected chi connectivity index (χ4v) is 5.00. The molecule has 0 aliphatic carbocycles. The highest BCUT2D eigenvalue weighted by Gasteiger charge is 2.34. The van der Waals surface area contributed by atoms with E-state index in [0.29, 0.717) is 20.6 Å². The van der Waals surface area contributed by atoms with Crippen LogP contribution >= 0.6 is 11.3 Å². The molecule has 2 aromatic heterocycles. The molecular weight excluding hydrogens is 446 g/mol. The fourth-order valence-electron chi connectivity index (χ4n) is 4.00. The summed E-state index contributed by atoms with van der Waals surface area (Å²) in [6.45, 7) is 1.99. The maximum Gasteiger partial charge on any atom is 0.338 e. The van der Waals surface area contributed by atoms with Crippen molar-refractivity contribution in [3.63, 3.8) is 0 Å². The summed E-state index contributed by atoms with van der Waals surface area (Å²) in [7, 11) is 0. The van der Waals surface area contributed by atoms with Crippen LogP contribution in [-0.4, -0.2) is 22.1 Å². The Morgan fingerprint density at radius 2 is 1.71 bits per heavy atom. The predicted octanol–water partition coefficient (Wildman–Crippen LogP) is 3.33. The van der Waals surface area contributed by atoms with Gasteiger partial charge in [-0.15, -0.1) is 0 Å². The topological polar surface area (TPSA) is 73.6 Å². The lowest BCUT2D eigenvalue weighted by Gasteiger charge is -2.25. The van der Waals surface area contributed by atoms with Crippen LogP contribution in [0.15, 0.2) is 101 Å². The van der Waals surface area contributed by atoms with E-state index in [-0.39, 0.29) is 12.2 Å². The van der Waals surface area contributed by atoms with Gasteiger partial charge in [0.15, 0.2) is 4.80 Å². The van der Waals surface area contributed by atoms with Crippen LogP contribution in [0.3, 0.4) is 0 Å². The van der Waals surface area contributed by atoms with E-state index in [0.717, 1.165) is 16.7 Å². The minimum absolute atomic E-state index is 0.205. The highest BCUT2D eigenvalue weighted by atomic mass is 32.1. The van der Waals surface area contributed by atoms with Crippen LogP contribution < -0.4 is 14.9 Å². The van der Waals surface area contributed by atoms with Crippen molar-refractivity contribution in [2.75, 3.05) is 6.61 Å². The summed E-state index contributed by atoms with van der Waals surface area (Å²) >= 11 is 1.30. The first kappa shape index (κ1) is 21.7. The van der Waals surface area contributed by atoms with Crippen molar-refractivity contribution < 1.29 is 9.53 Å². The maximum absolute atomic E-state index is 13.7. The number of ether oxygens (including phenoxy) is 1. The van der Waals surface area contributed by atoms with Crippen LogP contribution in [0, 0.1) is 0 Å². The Labute approximate surface area is 199 Å². The molecule has 0 radical (unpaired) electrons. The van der Waals surface area contributed by atoms with Gasteiger partial charge in [0.2, 0.25) is 0 Å². The molecule has 0 bridgehead atoms. The summed E-state index contributed by atoms with van der Waals surface area (Å²) in [6, 6.07) is 22.1. The molecule has 4 aromatic rings. The van der Waals surface area contributed by atoms with E-state index in [1.54, 1.807) is 23.9 Å². The second kappa shape index (κ2) is 9.41. The molecule has 1 atom stereocenters. The molecule has 0 spiro atoms. The number of nitrogens with zero attached hydrogens (tertiary/aromatic N) is 3. The number of aromatic nitrogens is 2. The van der Waals surface area contributed by atoms with Crippen LogP contribution in [0.2, 0.25) is 0 Å². The van der Waals surface area contributed by atoms with Gasteiger partial charge in [-0.05, 0) is 36.3 Å². The highest BCUT2D eigenvalue weighted by molar-refractivity contribution is 7.07. The van der Waals surface area contributed by atoms with Gasteiger partial charge in [0.25, 0.3) is 5.56 Å². The first-order chi connectivity index (χ1) is 16.7. The number of fused-ring (bicyclic) bond motifs is 1. The first-order valence-corrected chi connectivity index (χ1v) is 11.7. The van der Waals surface area contributed by atoms with Crippen molar-refractivity contribution in [1.82, 2.24) is 9.55 Å². The van der Waals surface area contributed by atoms with Crippen LogP contribution in [0.1, 0.15) is 29.7 Å². The number of rotatable bonds is 5. The smallest absolute Gasteiger partial charge is 0.338 e. The standard InChI is InChI=1S/C27H21N3O3S/c1-2-33-26(32)22-23(19-9-5-3-6-10-19)29-27-30(24(22)20-11-7-4-8-12-20)25(31)21(34-27)17-18-13-15-28-16-14-18/h3-17,24H,2H2,1H3/b21-17-/t24-/m1/s1. The molecule has 34 heavy (non-hydrogen) atoms. The Morgan fingerprint density at radius 1 is 1.03 bits per heavy atom. The molecule has 0 saturated heterocycles. The molecule has 2 aromatic carbocycles. The lowest BCUT2D eigenvalue weighted by atomic mass is 9.93. The lowest BCUT2D eigenvalue weighted by Crippen LogP contribution is -2.39. The summed E-state index contributed by atoms with van der Waals surface area (Å²) in [5, 5.41) is 0. The monoisotopic (exact) mass is 467 g/mol. The number of hydrogen-bond acceptors (Lipinski definition) is 6. The minimum atomic E-state index is -0.661. The molecule has 6 nitrogen and oxygen atoms in total. The molecule has 7 heteroatoms. The van der Waals surface area contributed by atoms with Crippen LogP contribution in [0.25, 0.3) is 11.8 Å². The van der Waals surface area contributed by atoms with E-state index in [1.807, 2.05) is 78.9 Å². The largest absolute Gasteiger partial charge is 0.463 e. The maximum atomic E-state index is 13.7. The molecule has 1 aliphatic rings. The Hall–Kier alpha value is -4.10. The average molecular weight is 468 g/mol. The third-order valence-corrected chi connectivity index (χ3v) is 6.48. The predicted molar refractivity (Wildman–Crippen MR) is 132 cm³/mol. The van der Waals surface area contributed by atoms with Crippen molar-refractivity contribution in [2.45, 2.75) is 13.0 Å². The Morgan fingerprint density at radius 3 is 2.38 bits per heavy atom. The molecule has 1 aliphatic heterocycles. The van der Waals surface area contributed by atoms with E-state index >= 15 is 0 Å². The highest BCUT2D eigenvalue weighted by Crippen LogP contribution is 2.34. The van der Waals surface area contributed by atoms with Gasteiger partial charge in [0, 0.05) is 18.0 Å². The second-order valence-corrected chi connectivity index (χ2v) is 8.63.